The van der Waals surface area contributed by atoms with Gasteiger partial charge in [0.15, 0.2) is 5.82 Å². The Bertz CT molecular complexity index is 699. The molecule has 7 nitrogen and oxygen atoms in total. The Labute approximate surface area is 127 Å². The fourth-order valence-electron chi connectivity index (χ4n) is 2.09. The van der Waals surface area contributed by atoms with E-state index in [1.54, 1.807) is 6.20 Å². The Kier molecular flexibility index (Phi) is 3.24. The van der Waals surface area contributed by atoms with Gasteiger partial charge in [0.1, 0.15) is 11.7 Å². The summed E-state index contributed by atoms with van der Waals surface area (Å²) in [7, 11) is 0. The molecule has 0 aromatic carbocycles. The summed E-state index contributed by atoms with van der Waals surface area (Å²) in [6.45, 7) is 0.452. The molecule has 0 radical (unpaired) electrons. The van der Waals surface area contributed by atoms with E-state index in [1.165, 1.54) is 4.90 Å². The van der Waals surface area contributed by atoms with E-state index in [1.807, 2.05) is 22.7 Å². The summed E-state index contributed by atoms with van der Waals surface area (Å²) < 4.78 is 2.86. The second-order valence-corrected chi connectivity index (χ2v) is 5.75. The smallest absolute Gasteiger partial charge is 0.326 e. The van der Waals surface area contributed by atoms with Crippen molar-refractivity contribution in [3.63, 3.8) is 0 Å². The van der Waals surface area contributed by atoms with Gasteiger partial charge in [0.2, 0.25) is 0 Å². The van der Waals surface area contributed by atoms with Crippen LogP contribution < -0.4 is 5.32 Å². The second-order valence-electron chi connectivity index (χ2n) is 4.51. The van der Waals surface area contributed by atoms with Gasteiger partial charge in [0.25, 0.3) is 0 Å². The predicted octanol–water partition coefficient (Wildman–Crippen LogP) is 1.63. The van der Waals surface area contributed by atoms with Gasteiger partial charge in [-0.15, -0.1) is 0 Å². The lowest BCUT2D eigenvalue weighted by Crippen LogP contribution is -2.56. The molecule has 1 unspecified atom stereocenters. The third kappa shape index (κ3) is 2.30. The molecule has 2 amide bonds. The number of nitrogens with zero attached hydrogens (tertiary/aromatic N) is 3. The Balaban J connectivity index is 1.76. The van der Waals surface area contributed by atoms with Gasteiger partial charge in [0, 0.05) is 16.3 Å². The first-order valence-electron chi connectivity index (χ1n) is 5.99. The van der Waals surface area contributed by atoms with E-state index in [-0.39, 0.29) is 0 Å². The Hall–Kier alpha value is -1.84. The number of hydrogen-bond acceptors (Lipinski definition) is 3. The van der Waals surface area contributed by atoms with Crippen LogP contribution in [0.15, 0.2) is 24.5 Å². The standard InChI is InChI=1S/C12H11IN4O3/c13-7-1-2-10-14-9(6-16(10)5-7)15-12(20)17-4-3-8(17)11(18)19/h1-2,5-6,8H,3-4H2,(H,15,20)(H,18,19). The third-order valence-corrected chi connectivity index (χ3v) is 3.85. The topological polar surface area (TPSA) is 86.9 Å². The highest BCUT2D eigenvalue weighted by atomic mass is 127. The monoisotopic (exact) mass is 386 g/mol. The number of urea groups is 1. The summed E-state index contributed by atoms with van der Waals surface area (Å²) >= 11 is 2.19. The summed E-state index contributed by atoms with van der Waals surface area (Å²) in [5.41, 5.74) is 0.721. The minimum Gasteiger partial charge on any atom is -0.480 e. The van der Waals surface area contributed by atoms with E-state index in [9.17, 15) is 9.59 Å². The van der Waals surface area contributed by atoms with E-state index < -0.39 is 18.0 Å². The number of amides is 2. The van der Waals surface area contributed by atoms with Crippen molar-refractivity contribution in [3.05, 3.63) is 28.1 Å². The number of aromatic nitrogens is 2. The Morgan fingerprint density at radius 2 is 2.20 bits per heavy atom. The van der Waals surface area contributed by atoms with Gasteiger partial charge < -0.3 is 14.4 Å². The van der Waals surface area contributed by atoms with Gasteiger partial charge in [-0.3, -0.25) is 5.32 Å². The highest BCUT2D eigenvalue weighted by Crippen LogP contribution is 2.19. The molecule has 1 aliphatic rings. The first-order valence-corrected chi connectivity index (χ1v) is 7.07. The third-order valence-electron chi connectivity index (χ3n) is 3.22. The maximum absolute atomic E-state index is 12.0. The quantitative estimate of drug-likeness (QED) is 0.769. The van der Waals surface area contributed by atoms with Crippen molar-refractivity contribution in [2.24, 2.45) is 0 Å². The summed E-state index contributed by atoms with van der Waals surface area (Å²) in [4.78, 5) is 28.4. The average molecular weight is 386 g/mol. The van der Waals surface area contributed by atoms with Crippen LogP contribution in [0, 0.1) is 3.57 Å². The molecule has 1 saturated heterocycles. The first kappa shape index (κ1) is 13.2. The fraction of sp³-hybridized carbons (Fsp3) is 0.250. The number of carbonyl (C=O) groups is 2. The van der Waals surface area contributed by atoms with Gasteiger partial charge in [-0.1, -0.05) is 0 Å². The van der Waals surface area contributed by atoms with Gasteiger partial charge >= 0.3 is 12.0 Å². The molecule has 20 heavy (non-hydrogen) atoms. The molecule has 3 heterocycles. The lowest BCUT2D eigenvalue weighted by Gasteiger charge is -2.37. The number of carboxylic acid groups (broad SMARTS) is 1. The van der Waals surface area contributed by atoms with Crippen molar-refractivity contribution in [1.82, 2.24) is 14.3 Å². The number of pyridine rings is 1. The van der Waals surface area contributed by atoms with Crippen LogP contribution in [0.2, 0.25) is 0 Å². The lowest BCUT2D eigenvalue weighted by molar-refractivity contribution is -0.145. The van der Waals surface area contributed by atoms with Gasteiger partial charge in [-0.25, -0.2) is 14.6 Å². The minimum absolute atomic E-state index is 0.410. The predicted molar refractivity (Wildman–Crippen MR) is 79.7 cm³/mol. The van der Waals surface area contributed by atoms with Crippen molar-refractivity contribution < 1.29 is 14.7 Å². The Morgan fingerprint density at radius 1 is 1.40 bits per heavy atom. The van der Waals surface area contributed by atoms with Crippen LogP contribution in [0.4, 0.5) is 10.6 Å². The zero-order valence-corrected chi connectivity index (χ0v) is 12.4. The number of nitrogens with one attached hydrogen (secondary N) is 1. The highest BCUT2D eigenvalue weighted by molar-refractivity contribution is 14.1. The maximum Gasteiger partial charge on any atom is 0.326 e. The number of aliphatic carboxylic acids is 1. The maximum atomic E-state index is 12.0. The number of fused-ring (bicyclic) bond motifs is 1. The number of rotatable bonds is 2. The molecule has 0 bridgehead atoms. The molecule has 8 heteroatoms. The van der Waals surface area contributed by atoms with Crippen LogP contribution in [0.25, 0.3) is 5.65 Å². The second kappa shape index (κ2) is 4.93. The number of hydrogen-bond donors (Lipinski definition) is 2. The molecule has 2 aromatic heterocycles. The van der Waals surface area contributed by atoms with Crippen LogP contribution in [0.5, 0.6) is 0 Å². The molecule has 3 rings (SSSR count). The van der Waals surface area contributed by atoms with E-state index in [4.69, 9.17) is 5.11 Å². The normalized spacial score (nSPS) is 17.9. The lowest BCUT2D eigenvalue weighted by atomic mass is 10.0. The molecule has 104 valence electrons. The fourth-order valence-corrected chi connectivity index (χ4v) is 2.57. The van der Waals surface area contributed by atoms with Crippen molar-refractivity contribution in [2.45, 2.75) is 12.5 Å². The van der Waals surface area contributed by atoms with Crippen molar-refractivity contribution in [3.8, 4) is 0 Å². The molecule has 1 atom stereocenters. The molecule has 0 spiro atoms. The van der Waals surface area contributed by atoms with Crippen LogP contribution in [-0.2, 0) is 4.79 Å². The molecule has 2 N–H and O–H groups in total. The first-order chi connectivity index (χ1) is 9.54. The number of halogens is 1. The van der Waals surface area contributed by atoms with E-state index in [2.05, 4.69) is 32.9 Å². The van der Waals surface area contributed by atoms with Crippen LogP contribution in [0.1, 0.15) is 6.42 Å². The number of imidazole rings is 1. The van der Waals surface area contributed by atoms with Crippen LogP contribution in [-0.4, -0.2) is 44.0 Å². The van der Waals surface area contributed by atoms with Gasteiger partial charge in [0.05, 0.1) is 6.20 Å². The number of anilines is 1. The zero-order valence-electron chi connectivity index (χ0n) is 10.3. The largest absolute Gasteiger partial charge is 0.480 e. The highest BCUT2D eigenvalue weighted by Gasteiger charge is 2.37. The van der Waals surface area contributed by atoms with Crippen molar-refractivity contribution >= 4 is 46.1 Å². The summed E-state index contributed by atoms with van der Waals surface area (Å²) in [6.07, 6.45) is 4.08. The van der Waals surface area contributed by atoms with Crippen molar-refractivity contribution in [2.75, 3.05) is 11.9 Å². The van der Waals surface area contributed by atoms with Gasteiger partial charge in [-0.2, -0.15) is 0 Å². The molecule has 0 saturated carbocycles. The molecule has 1 fully saturated rings. The van der Waals surface area contributed by atoms with Crippen LogP contribution >= 0.6 is 22.6 Å². The SMILES string of the molecule is O=C(O)C1CCN1C(=O)Nc1cn2cc(I)ccc2n1. The van der Waals surface area contributed by atoms with E-state index in [0.717, 1.165) is 9.22 Å². The average Bonchev–Trinajstić information content (AvgIpc) is 2.67. The molecular weight excluding hydrogens is 375 g/mol. The Morgan fingerprint density at radius 3 is 2.85 bits per heavy atom. The molecule has 1 aliphatic heterocycles. The number of carbonyl (C=O) groups excluding carboxylic acids is 1. The van der Waals surface area contributed by atoms with Crippen molar-refractivity contribution in [1.29, 1.82) is 0 Å². The summed E-state index contributed by atoms with van der Waals surface area (Å²) in [5.74, 6) is -0.566. The number of likely N-dealkylation sites (tertiary alicyclic amines) is 1. The minimum atomic E-state index is -0.976. The summed E-state index contributed by atoms with van der Waals surface area (Å²) in [6, 6.07) is 2.61. The number of carboxylic acids is 1. The molecule has 2 aromatic rings. The summed E-state index contributed by atoms with van der Waals surface area (Å²) in [5, 5.41) is 11.5. The van der Waals surface area contributed by atoms with Crippen LogP contribution in [0.3, 0.4) is 0 Å². The molecule has 0 aliphatic carbocycles. The van der Waals surface area contributed by atoms with E-state index >= 15 is 0 Å². The molecular formula is C12H11IN4O3. The van der Waals surface area contributed by atoms with Gasteiger partial charge in [-0.05, 0) is 41.1 Å². The van der Waals surface area contributed by atoms with E-state index in [0.29, 0.717) is 18.8 Å². The zero-order chi connectivity index (χ0) is 14.3.